The number of sulfonamides is 1. The molecule has 1 aliphatic heterocycles. The van der Waals surface area contributed by atoms with E-state index >= 15 is 0 Å². The predicted octanol–water partition coefficient (Wildman–Crippen LogP) is 2.75. The summed E-state index contributed by atoms with van der Waals surface area (Å²) in [6, 6.07) is 3.49. The molecule has 1 unspecified atom stereocenters. The lowest BCUT2D eigenvalue weighted by Crippen LogP contribution is -2.43. The molecule has 1 fully saturated rings. The molecule has 1 aromatic rings. The van der Waals surface area contributed by atoms with Gasteiger partial charge in [0.05, 0.1) is 5.69 Å². The molecule has 1 atom stereocenters. The Hall–Kier alpha value is -1.14. The summed E-state index contributed by atoms with van der Waals surface area (Å²) in [5.41, 5.74) is 5.67. The SMILES string of the molecule is CCCC1CCCCN1S(=O)(=O)c1ccc(F)cc1N. The van der Waals surface area contributed by atoms with Gasteiger partial charge in [0.25, 0.3) is 0 Å². The average Bonchev–Trinajstić information content (AvgIpc) is 2.39. The molecule has 0 saturated carbocycles. The van der Waals surface area contributed by atoms with Crippen LogP contribution in [0.4, 0.5) is 10.1 Å². The third kappa shape index (κ3) is 2.96. The zero-order valence-electron chi connectivity index (χ0n) is 11.7. The number of rotatable bonds is 4. The van der Waals surface area contributed by atoms with Crippen LogP contribution in [0.2, 0.25) is 0 Å². The number of nitrogens with zero attached hydrogens (tertiary/aromatic N) is 1. The van der Waals surface area contributed by atoms with Crippen LogP contribution in [0.1, 0.15) is 39.0 Å². The highest BCUT2D eigenvalue weighted by molar-refractivity contribution is 7.89. The Kier molecular flexibility index (Phi) is 4.65. The van der Waals surface area contributed by atoms with Crippen LogP contribution >= 0.6 is 0 Å². The highest BCUT2D eigenvalue weighted by Gasteiger charge is 2.33. The lowest BCUT2D eigenvalue weighted by molar-refractivity contribution is 0.239. The summed E-state index contributed by atoms with van der Waals surface area (Å²) in [5, 5.41) is 0. The standard InChI is InChI=1S/C14H21FN2O2S/c1-2-5-12-6-3-4-9-17(12)20(18,19)14-8-7-11(15)10-13(14)16/h7-8,10,12H,2-6,9,16H2,1H3. The fraction of sp³-hybridized carbons (Fsp3) is 0.571. The van der Waals surface area contributed by atoms with Crippen LogP contribution in [0.25, 0.3) is 0 Å². The minimum atomic E-state index is -3.64. The Labute approximate surface area is 119 Å². The maximum atomic E-state index is 13.1. The first-order valence-electron chi connectivity index (χ1n) is 7.03. The van der Waals surface area contributed by atoms with Gasteiger partial charge < -0.3 is 5.73 Å². The van der Waals surface area contributed by atoms with Crippen molar-refractivity contribution in [3.05, 3.63) is 24.0 Å². The van der Waals surface area contributed by atoms with Crippen molar-refractivity contribution in [2.45, 2.75) is 50.0 Å². The summed E-state index contributed by atoms with van der Waals surface area (Å²) in [6.07, 6.45) is 4.58. The second-order valence-corrected chi connectivity index (χ2v) is 7.10. The Morgan fingerprint density at radius 1 is 1.40 bits per heavy atom. The number of piperidine rings is 1. The first-order chi connectivity index (χ1) is 9.46. The van der Waals surface area contributed by atoms with Crippen LogP contribution in [-0.4, -0.2) is 25.3 Å². The van der Waals surface area contributed by atoms with Crippen LogP contribution in [-0.2, 0) is 10.0 Å². The monoisotopic (exact) mass is 300 g/mol. The molecule has 0 aliphatic carbocycles. The molecule has 6 heteroatoms. The molecule has 112 valence electrons. The Morgan fingerprint density at radius 3 is 2.80 bits per heavy atom. The minimum Gasteiger partial charge on any atom is -0.398 e. The molecule has 1 aliphatic rings. The number of hydrogen-bond donors (Lipinski definition) is 1. The third-order valence-corrected chi connectivity index (χ3v) is 5.78. The van der Waals surface area contributed by atoms with Crippen LogP contribution < -0.4 is 5.73 Å². The van der Waals surface area contributed by atoms with Gasteiger partial charge in [-0.3, -0.25) is 0 Å². The molecule has 2 rings (SSSR count). The van der Waals surface area contributed by atoms with E-state index in [-0.39, 0.29) is 16.6 Å². The number of halogens is 1. The average molecular weight is 300 g/mol. The van der Waals surface area contributed by atoms with Crippen molar-refractivity contribution >= 4 is 15.7 Å². The number of nitrogen functional groups attached to an aromatic ring is 1. The van der Waals surface area contributed by atoms with Gasteiger partial charge in [-0.2, -0.15) is 4.31 Å². The minimum absolute atomic E-state index is 0.0157. The number of anilines is 1. The van der Waals surface area contributed by atoms with E-state index in [0.29, 0.717) is 6.54 Å². The highest BCUT2D eigenvalue weighted by atomic mass is 32.2. The molecular formula is C14H21FN2O2S. The van der Waals surface area contributed by atoms with Crippen LogP contribution in [0.15, 0.2) is 23.1 Å². The van der Waals surface area contributed by atoms with Gasteiger partial charge in [-0.15, -0.1) is 0 Å². The van der Waals surface area contributed by atoms with Gasteiger partial charge in [-0.25, -0.2) is 12.8 Å². The van der Waals surface area contributed by atoms with Crippen molar-refractivity contribution in [3.8, 4) is 0 Å². The maximum Gasteiger partial charge on any atom is 0.245 e. The quantitative estimate of drug-likeness (QED) is 0.870. The molecule has 4 nitrogen and oxygen atoms in total. The van der Waals surface area contributed by atoms with E-state index in [1.54, 1.807) is 4.31 Å². The van der Waals surface area contributed by atoms with Gasteiger partial charge in [-0.05, 0) is 37.5 Å². The van der Waals surface area contributed by atoms with Gasteiger partial charge in [0, 0.05) is 12.6 Å². The van der Waals surface area contributed by atoms with Crippen molar-refractivity contribution in [1.29, 1.82) is 0 Å². The van der Waals surface area contributed by atoms with Gasteiger partial charge >= 0.3 is 0 Å². The molecule has 0 spiro atoms. The Bertz CT molecular complexity index is 573. The van der Waals surface area contributed by atoms with E-state index in [1.807, 2.05) is 6.92 Å². The third-order valence-electron chi connectivity index (χ3n) is 3.75. The van der Waals surface area contributed by atoms with Crippen molar-refractivity contribution in [3.63, 3.8) is 0 Å². The normalized spacial score (nSPS) is 21.0. The van der Waals surface area contributed by atoms with E-state index in [1.165, 1.54) is 6.07 Å². The Balaban J connectivity index is 2.37. The van der Waals surface area contributed by atoms with Gasteiger partial charge in [0.15, 0.2) is 0 Å². The molecule has 1 heterocycles. The molecular weight excluding hydrogens is 279 g/mol. The summed E-state index contributed by atoms with van der Waals surface area (Å²) in [4.78, 5) is 0.0157. The number of benzene rings is 1. The first kappa shape index (κ1) is 15.3. The van der Waals surface area contributed by atoms with E-state index in [0.717, 1.165) is 44.2 Å². The highest BCUT2D eigenvalue weighted by Crippen LogP contribution is 2.30. The summed E-state index contributed by atoms with van der Waals surface area (Å²) in [6.45, 7) is 2.56. The largest absolute Gasteiger partial charge is 0.398 e. The summed E-state index contributed by atoms with van der Waals surface area (Å²) in [7, 11) is -3.64. The molecule has 1 aromatic carbocycles. The van der Waals surface area contributed by atoms with Crippen molar-refractivity contribution in [2.24, 2.45) is 0 Å². The van der Waals surface area contributed by atoms with Gasteiger partial charge in [0.2, 0.25) is 10.0 Å². The Morgan fingerprint density at radius 2 is 2.15 bits per heavy atom. The van der Waals surface area contributed by atoms with Gasteiger partial charge in [0.1, 0.15) is 10.7 Å². The van der Waals surface area contributed by atoms with Crippen molar-refractivity contribution in [1.82, 2.24) is 4.31 Å². The smallest absolute Gasteiger partial charge is 0.245 e. The fourth-order valence-corrected chi connectivity index (χ4v) is 4.61. The van der Waals surface area contributed by atoms with E-state index in [4.69, 9.17) is 5.73 Å². The summed E-state index contributed by atoms with van der Waals surface area (Å²) in [5.74, 6) is -0.523. The molecule has 2 N–H and O–H groups in total. The molecule has 20 heavy (non-hydrogen) atoms. The summed E-state index contributed by atoms with van der Waals surface area (Å²) >= 11 is 0. The molecule has 0 aromatic heterocycles. The zero-order valence-corrected chi connectivity index (χ0v) is 12.5. The van der Waals surface area contributed by atoms with Crippen LogP contribution in [0.5, 0.6) is 0 Å². The lowest BCUT2D eigenvalue weighted by Gasteiger charge is -2.34. The number of nitrogens with two attached hydrogens (primary N) is 1. The van der Waals surface area contributed by atoms with Crippen molar-refractivity contribution < 1.29 is 12.8 Å². The second kappa shape index (κ2) is 6.10. The molecule has 1 saturated heterocycles. The topological polar surface area (TPSA) is 63.4 Å². The van der Waals surface area contributed by atoms with Gasteiger partial charge in [-0.1, -0.05) is 19.8 Å². The maximum absolute atomic E-state index is 13.1. The summed E-state index contributed by atoms with van der Waals surface area (Å²) < 4.78 is 40.1. The molecule has 0 bridgehead atoms. The van der Waals surface area contributed by atoms with Crippen molar-refractivity contribution in [2.75, 3.05) is 12.3 Å². The van der Waals surface area contributed by atoms with E-state index < -0.39 is 15.8 Å². The zero-order chi connectivity index (χ0) is 14.8. The van der Waals surface area contributed by atoms with Crippen LogP contribution in [0, 0.1) is 5.82 Å². The molecule has 0 amide bonds. The lowest BCUT2D eigenvalue weighted by atomic mass is 10.0. The van der Waals surface area contributed by atoms with E-state index in [9.17, 15) is 12.8 Å². The fourth-order valence-electron chi connectivity index (χ4n) is 2.79. The second-order valence-electron chi connectivity index (χ2n) is 5.24. The van der Waals surface area contributed by atoms with Crippen LogP contribution in [0.3, 0.4) is 0 Å². The first-order valence-corrected chi connectivity index (χ1v) is 8.47. The molecule has 0 radical (unpaired) electrons. The number of hydrogen-bond acceptors (Lipinski definition) is 3. The predicted molar refractivity (Wildman–Crippen MR) is 77.3 cm³/mol. The van der Waals surface area contributed by atoms with E-state index in [2.05, 4.69) is 0 Å².